The summed E-state index contributed by atoms with van der Waals surface area (Å²) in [6.45, 7) is 7.76. The molecule has 0 spiro atoms. The van der Waals surface area contributed by atoms with Crippen LogP contribution >= 0.6 is 0 Å². The van der Waals surface area contributed by atoms with Crippen LogP contribution in [-0.4, -0.2) is 62.3 Å². The lowest BCUT2D eigenvalue weighted by Crippen LogP contribution is -2.48. The van der Waals surface area contributed by atoms with Gasteiger partial charge in [0.05, 0.1) is 25.7 Å². The first-order valence-electron chi connectivity index (χ1n) is 7.39. The van der Waals surface area contributed by atoms with E-state index in [0.717, 1.165) is 19.4 Å². The fourth-order valence-corrected chi connectivity index (χ4v) is 2.32. The number of carbonyl (C=O) groups excluding carboxylic acids is 2. The zero-order chi connectivity index (χ0) is 15.7. The molecule has 0 aliphatic carbocycles. The molecule has 0 aromatic carbocycles. The van der Waals surface area contributed by atoms with Gasteiger partial charge in [-0.25, -0.2) is 0 Å². The minimum atomic E-state index is -0.321. The standard InChI is InChI=1S/C15H26N2O4/c1-4-8-16-15(19)12(2)17(9-7-14(18)20-3)11-13-6-5-10-21-13/h4,12-13H,1,5-11H2,2-3H3,(H,16,19). The summed E-state index contributed by atoms with van der Waals surface area (Å²) in [6.07, 6.45) is 4.09. The van der Waals surface area contributed by atoms with Gasteiger partial charge in [0.15, 0.2) is 0 Å². The van der Waals surface area contributed by atoms with Crippen molar-refractivity contribution in [1.29, 1.82) is 0 Å². The first-order chi connectivity index (χ1) is 10.1. The molecule has 2 unspecified atom stereocenters. The zero-order valence-corrected chi connectivity index (χ0v) is 13.0. The third-order valence-corrected chi connectivity index (χ3v) is 3.64. The molecule has 1 rings (SSSR count). The zero-order valence-electron chi connectivity index (χ0n) is 13.0. The van der Waals surface area contributed by atoms with Crippen LogP contribution in [-0.2, 0) is 19.1 Å². The van der Waals surface area contributed by atoms with Gasteiger partial charge in [-0.15, -0.1) is 6.58 Å². The summed E-state index contributed by atoms with van der Waals surface area (Å²) in [5, 5.41) is 2.78. The Balaban J connectivity index is 2.57. The molecule has 1 amide bonds. The van der Waals surface area contributed by atoms with Crippen molar-refractivity contribution in [2.75, 3.05) is 33.4 Å². The lowest BCUT2D eigenvalue weighted by Gasteiger charge is -2.29. The van der Waals surface area contributed by atoms with E-state index in [1.807, 2.05) is 11.8 Å². The van der Waals surface area contributed by atoms with E-state index in [1.165, 1.54) is 7.11 Å². The number of nitrogens with zero attached hydrogens (tertiary/aromatic N) is 1. The molecule has 0 bridgehead atoms. The molecule has 2 atom stereocenters. The van der Waals surface area contributed by atoms with E-state index in [9.17, 15) is 9.59 Å². The minimum absolute atomic E-state index is 0.0715. The van der Waals surface area contributed by atoms with Gasteiger partial charge in [0, 0.05) is 26.2 Å². The maximum absolute atomic E-state index is 12.1. The number of rotatable bonds is 9. The highest BCUT2D eigenvalue weighted by Gasteiger charge is 2.26. The maximum atomic E-state index is 12.1. The van der Waals surface area contributed by atoms with Gasteiger partial charge >= 0.3 is 5.97 Å². The number of amides is 1. The van der Waals surface area contributed by atoms with E-state index >= 15 is 0 Å². The van der Waals surface area contributed by atoms with Crippen molar-refractivity contribution < 1.29 is 19.1 Å². The lowest BCUT2D eigenvalue weighted by molar-refractivity contribution is -0.141. The van der Waals surface area contributed by atoms with Gasteiger partial charge in [-0.05, 0) is 19.8 Å². The number of carbonyl (C=O) groups is 2. The summed E-state index contributed by atoms with van der Waals surface area (Å²) in [5.41, 5.74) is 0. The fraction of sp³-hybridized carbons (Fsp3) is 0.733. The van der Waals surface area contributed by atoms with Crippen molar-refractivity contribution in [3.8, 4) is 0 Å². The molecule has 0 aromatic heterocycles. The molecule has 1 aliphatic rings. The van der Waals surface area contributed by atoms with Gasteiger partial charge in [0.1, 0.15) is 0 Å². The number of hydrogen-bond acceptors (Lipinski definition) is 5. The molecule has 6 heteroatoms. The Morgan fingerprint density at radius 1 is 1.57 bits per heavy atom. The van der Waals surface area contributed by atoms with Crippen molar-refractivity contribution in [1.82, 2.24) is 10.2 Å². The van der Waals surface area contributed by atoms with Crippen molar-refractivity contribution >= 4 is 11.9 Å². The molecule has 21 heavy (non-hydrogen) atoms. The number of hydrogen-bond donors (Lipinski definition) is 1. The highest BCUT2D eigenvalue weighted by Crippen LogP contribution is 2.15. The first-order valence-corrected chi connectivity index (χ1v) is 7.39. The van der Waals surface area contributed by atoms with Crippen LogP contribution in [0.2, 0.25) is 0 Å². The second kappa shape index (κ2) is 9.52. The topological polar surface area (TPSA) is 67.9 Å². The number of ether oxygens (including phenoxy) is 2. The first kappa shape index (κ1) is 17.7. The predicted octanol–water partition coefficient (Wildman–Crippen LogP) is 0.721. The summed E-state index contributed by atoms with van der Waals surface area (Å²) in [5.74, 6) is -0.344. The average Bonchev–Trinajstić information content (AvgIpc) is 3.00. The molecule has 1 heterocycles. The van der Waals surface area contributed by atoms with E-state index < -0.39 is 0 Å². The smallest absolute Gasteiger partial charge is 0.306 e. The van der Waals surface area contributed by atoms with Gasteiger partial charge in [-0.2, -0.15) is 0 Å². The Bertz CT molecular complexity index is 354. The molecule has 0 saturated carbocycles. The molecule has 0 radical (unpaired) electrons. The van der Waals surface area contributed by atoms with E-state index in [-0.39, 0.29) is 30.4 Å². The van der Waals surface area contributed by atoms with Crippen LogP contribution in [0.4, 0.5) is 0 Å². The Morgan fingerprint density at radius 3 is 2.90 bits per heavy atom. The molecule has 6 nitrogen and oxygen atoms in total. The molecule has 1 aliphatic heterocycles. The van der Waals surface area contributed by atoms with Crippen LogP contribution in [0.15, 0.2) is 12.7 Å². The summed E-state index contributed by atoms with van der Waals surface area (Å²) < 4.78 is 10.3. The molecule has 120 valence electrons. The largest absolute Gasteiger partial charge is 0.469 e. The average molecular weight is 298 g/mol. The molecular weight excluding hydrogens is 272 g/mol. The Kier molecular flexibility index (Phi) is 8.00. The van der Waals surface area contributed by atoms with Gasteiger partial charge in [0.2, 0.25) is 5.91 Å². The van der Waals surface area contributed by atoms with Crippen LogP contribution in [0, 0.1) is 0 Å². The van der Waals surface area contributed by atoms with Crippen molar-refractivity contribution in [3.63, 3.8) is 0 Å². The molecule has 1 fully saturated rings. The van der Waals surface area contributed by atoms with E-state index in [1.54, 1.807) is 6.08 Å². The Hall–Kier alpha value is -1.40. The highest BCUT2D eigenvalue weighted by atomic mass is 16.5. The SMILES string of the molecule is C=CCNC(=O)C(C)N(CCC(=O)OC)CC1CCCO1. The van der Waals surface area contributed by atoms with Crippen LogP contribution in [0.5, 0.6) is 0 Å². The summed E-state index contributed by atoms with van der Waals surface area (Å²) in [4.78, 5) is 25.4. The summed E-state index contributed by atoms with van der Waals surface area (Å²) >= 11 is 0. The lowest BCUT2D eigenvalue weighted by atomic mass is 10.1. The van der Waals surface area contributed by atoms with Crippen LogP contribution in [0.25, 0.3) is 0 Å². The molecule has 1 saturated heterocycles. The second-order valence-electron chi connectivity index (χ2n) is 5.17. The van der Waals surface area contributed by atoms with E-state index in [2.05, 4.69) is 16.6 Å². The number of nitrogens with one attached hydrogen (secondary N) is 1. The third kappa shape index (κ3) is 6.27. The predicted molar refractivity (Wildman–Crippen MR) is 79.8 cm³/mol. The van der Waals surface area contributed by atoms with E-state index in [4.69, 9.17) is 4.74 Å². The Labute approximate surface area is 126 Å². The summed E-state index contributed by atoms with van der Waals surface area (Å²) in [7, 11) is 1.37. The summed E-state index contributed by atoms with van der Waals surface area (Å²) in [6, 6.07) is -0.321. The maximum Gasteiger partial charge on any atom is 0.306 e. The van der Waals surface area contributed by atoms with Gasteiger partial charge in [0.25, 0.3) is 0 Å². The normalized spacial score (nSPS) is 19.3. The van der Waals surface area contributed by atoms with Crippen molar-refractivity contribution in [2.24, 2.45) is 0 Å². The monoisotopic (exact) mass is 298 g/mol. The number of methoxy groups -OCH3 is 1. The quantitative estimate of drug-likeness (QED) is 0.502. The second-order valence-corrected chi connectivity index (χ2v) is 5.17. The Morgan fingerprint density at radius 2 is 2.33 bits per heavy atom. The molecule has 0 aromatic rings. The molecular formula is C15H26N2O4. The number of esters is 1. The van der Waals surface area contributed by atoms with Crippen molar-refractivity contribution in [2.45, 2.75) is 38.3 Å². The van der Waals surface area contributed by atoms with E-state index in [0.29, 0.717) is 19.6 Å². The fourth-order valence-electron chi connectivity index (χ4n) is 2.32. The van der Waals surface area contributed by atoms with Gasteiger partial charge in [-0.3, -0.25) is 14.5 Å². The van der Waals surface area contributed by atoms with Crippen LogP contribution in [0.1, 0.15) is 26.2 Å². The van der Waals surface area contributed by atoms with Gasteiger partial charge in [-0.1, -0.05) is 6.08 Å². The minimum Gasteiger partial charge on any atom is -0.469 e. The van der Waals surface area contributed by atoms with Crippen LogP contribution in [0.3, 0.4) is 0 Å². The molecule has 1 N–H and O–H groups in total. The third-order valence-electron chi connectivity index (χ3n) is 3.64. The van der Waals surface area contributed by atoms with Crippen molar-refractivity contribution in [3.05, 3.63) is 12.7 Å². The highest BCUT2D eigenvalue weighted by molar-refractivity contribution is 5.81. The van der Waals surface area contributed by atoms with Crippen LogP contribution < -0.4 is 5.32 Å². The van der Waals surface area contributed by atoms with Gasteiger partial charge < -0.3 is 14.8 Å².